The van der Waals surface area contributed by atoms with Gasteiger partial charge in [0.15, 0.2) is 0 Å². The summed E-state index contributed by atoms with van der Waals surface area (Å²) in [4.78, 5) is 10.5. The smallest absolute Gasteiger partial charge is 0.305 e. The summed E-state index contributed by atoms with van der Waals surface area (Å²) >= 11 is 0. The molecule has 0 fully saturated rings. The van der Waals surface area contributed by atoms with Gasteiger partial charge >= 0.3 is 5.97 Å². The van der Waals surface area contributed by atoms with Gasteiger partial charge in [-0.15, -0.1) is 0 Å². The Kier molecular flexibility index (Phi) is 3.84. The zero-order chi connectivity index (χ0) is 12.3. The van der Waals surface area contributed by atoms with Gasteiger partial charge in [-0.1, -0.05) is 0 Å². The number of ether oxygens (including phenoxy) is 1. The molecule has 88 valence electrons. The Morgan fingerprint density at radius 2 is 2.25 bits per heavy atom. The van der Waals surface area contributed by atoms with Crippen molar-refractivity contribution in [1.29, 1.82) is 0 Å². The molecule has 1 aromatic carbocycles. The van der Waals surface area contributed by atoms with E-state index in [0.717, 1.165) is 5.56 Å². The van der Waals surface area contributed by atoms with Crippen LogP contribution in [0, 0.1) is 12.7 Å². The first-order valence-corrected chi connectivity index (χ1v) is 4.77. The summed E-state index contributed by atoms with van der Waals surface area (Å²) in [6, 6.07) is 1.89. The molecule has 0 saturated carbocycles. The molecule has 0 radical (unpaired) electrons. The molecule has 0 amide bonds. The number of rotatable bonds is 4. The third-order valence-corrected chi connectivity index (χ3v) is 2.31. The van der Waals surface area contributed by atoms with Crippen molar-refractivity contribution in [3.63, 3.8) is 0 Å². The zero-order valence-corrected chi connectivity index (χ0v) is 9.16. The lowest BCUT2D eigenvalue weighted by molar-refractivity contribution is -0.137. The number of methoxy groups -OCH3 is 1. The van der Waals surface area contributed by atoms with Crippen molar-refractivity contribution in [1.82, 2.24) is 0 Å². The van der Waals surface area contributed by atoms with E-state index in [1.165, 1.54) is 19.2 Å². The first-order chi connectivity index (χ1) is 7.45. The van der Waals surface area contributed by atoms with Crippen molar-refractivity contribution < 1.29 is 19.0 Å². The molecule has 0 aliphatic carbocycles. The largest absolute Gasteiger partial charge is 0.496 e. The summed E-state index contributed by atoms with van der Waals surface area (Å²) < 4.78 is 18.5. The van der Waals surface area contributed by atoms with Gasteiger partial charge in [0.25, 0.3) is 0 Å². The highest BCUT2D eigenvalue weighted by atomic mass is 19.1. The molecular weight excluding hydrogens is 213 g/mol. The van der Waals surface area contributed by atoms with Crippen molar-refractivity contribution in [3.8, 4) is 5.75 Å². The molecule has 1 unspecified atom stereocenters. The molecular formula is C11H14FNO3. The topological polar surface area (TPSA) is 72.5 Å². The summed E-state index contributed by atoms with van der Waals surface area (Å²) in [6.45, 7) is 1.75. The summed E-state index contributed by atoms with van der Waals surface area (Å²) in [5.41, 5.74) is 6.51. The fraction of sp³-hybridized carbons (Fsp3) is 0.364. The number of nitrogens with two attached hydrogens (primary N) is 1. The van der Waals surface area contributed by atoms with Crippen LogP contribution in [0.15, 0.2) is 12.1 Å². The minimum Gasteiger partial charge on any atom is -0.496 e. The van der Waals surface area contributed by atoms with Gasteiger partial charge in [-0.25, -0.2) is 4.39 Å². The molecule has 1 aromatic rings. The Bertz CT molecular complexity index is 406. The fourth-order valence-electron chi connectivity index (χ4n) is 1.49. The van der Waals surface area contributed by atoms with Crippen LogP contribution in [-0.4, -0.2) is 18.2 Å². The number of aliphatic carboxylic acids is 1. The lowest BCUT2D eigenvalue weighted by Gasteiger charge is -2.13. The van der Waals surface area contributed by atoms with Crippen LogP contribution in [-0.2, 0) is 4.79 Å². The Labute approximate surface area is 92.8 Å². The quantitative estimate of drug-likeness (QED) is 0.819. The number of carboxylic acids is 1. The van der Waals surface area contributed by atoms with E-state index in [0.29, 0.717) is 5.75 Å². The van der Waals surface area contributed by atoms with E-state index in [2.05, 4.69) is 0 Å². The predicted octanol–water partition coefficient (Wildman–Crippen LogP) is 1.62. The van der Waals surface area contributed by atoms with Crippen LogP contribution in [0.2, 0.25) is 0 Å². The highest BCUT2D eigenvalue weighted by Crippen LogP contribution is 2.26. The summed E-state index contributed by atoms with van der Waals surface area (Å²) in [6.07, 6.45) is -0.303. The number of hydrogen-bond acceptors (Lipinski definition) is 3. The van der Waals surface area contributed by atoms with Gasteiger partial charge < -0.3 is 15.6 Å². The first kappa shape index (κ1) is 12.4. The Balaban J connectivity index is 3.05. The molecule has 0 aliphatic heterocycles. The molecule has 1 atom stereocenters. The number of aryl methyl sites for hydroxylation is 1. The molecule has 16 heavy (non-hydrogen) atoms. The van der Waals surface area contributed by atoms with E-state index in [1.54, 1.807) is 6.92 Å². The van der Waals surface area contributed by atoms with Crippen molar-refractivity contribution in [2.24, 2.45) is 5.73 Å². The molecule has 0 aliphatic rings. The van der Waals surface area contributed by atoms with Gasteiger partial charge in [0.1, 0.15) is 11.6 Å². The van der Waals surface area contributed by atoms with E-state index < -0.39 is 17.8 Å². The van der Waals surface area contributed by atoms with Gasteiger partial charge in [0.05, 0.1) is 13.5 Å². The number of carbonyl (C=O) groups is 1. The molecule has 5 heteroatoms. The first-order valence-electron chi connectivity index (χ1n) is 4.77. The molecule has 0 bridgehead atoms. The number of carboxylic acid groups (broad SMARTS) is 1. The van der Waals surface area contributed by atoms with Crippen molar-refractivity contribution in [2.45, 2.75) is 19.4 Å². The molecule has 1 rings (SSSR count). The summed E-state index contributed by atoms with van der Waals surface area (Å²) in [5.74, 6) is -1.18. The lowest BCUT2D eigenvalue weighted by Crippen LogP contribution is -2.16. The average Bonchev–Trinajstić information content (AvgIpc) is 2.19. The fourth-order valence-corrected chi connectivity index (χ4v) is 1.49. The number of halogens is 1. The third-order valence-electron chi connectivity index (χ3n) is 2.31. The second-order valence-electron chi connectivity index (χ2n) is 3.55. The van der Waals surface area contributed by atoms with E-state index in [-0.39, 0.29) is 12.0 Å². The van der Waals surface area contributed by atoms with E-state index in [9.17, 15) is 9.18 Å². The minimum atomic E-state index is -1.06. The Morgan fingerprint density at radius 3 is 2.75 bits per heavy atom. The molecule has 4 nitrogen and oxygen atoms in total. The van der Waals surface area contributed by atoms with Crippen molar-refractivity contribution in [2.75, 3.05) is 7.11 Å². The summed E-state index contributed by atoms with van der Waals surface area (Å²) in [7, 11) is 1.44. The van der Waals surface area contributed by atoms with Crippen LogP contribution in [0.4, 0.5) is 4.39 Å². The van der Waals surface area contributed by atoms with Gasteiger partial charge in [-0.05, 0) is 18.6 Å². The average molecular weight is 227 g/mol. The maximum Gasteiger partial charge on any atom is 0.305 e. The Hall–Kier alpha value is -1.62. The minimum absolute atomic E-state index is 0.195. The van der Waals surface area contributed by atoms with Crippen molar-refractivity contribution >= 4 is 5.97 Å². The van der Waals surface area contributed by atoms with Crippen LogP contribution in [0.1, 0.15) is 23.6 Å². The highest BCUT2D eigenvalue weighted by molar-refractivity contribution is 5.68. The van der Waals surface area contributed by atoms with Gasteiger partial charge in [0, 0.05) is 17.7 Å². The van der Waals surface area contributed by atoms with Crippen LogP contribution in [0.25, 0.3) is 0 Å². The standard InChI is InChI=1S/C11H14FNO3/c1-6-3-7(9(13)5-11(14)15)8(12)4-10(6)16-2/h3-4,9H,5,13H2,1-2H3,(H,14,15). The number of hydrogen-bond donors (Lipinski definition) is 2. The van der Waals surface area contributed by atoms with E-state index in [1.807, 2.05) is 0 Å². The molecule has 0 spiro atoms. The maximum absolute atomic E-state index is 13.6. The van der Waals surface area contributed by atoms with Crippen molar-refractivity contribution in [3.05, 3.63) is 29.1 Å². The molecule has 0 aromatic heterocycles. The second-order valence-corrected chi connectivity index (χ2v) is 3.55. The van der Waals surface area contributed by atoms with Crippen LogP contribution in [0.3, 0.4) is 0 Å². The zero-order valence-electron chi connectivity index (χ0n) is 9.16. The van der Waals surface area contributed by atoms with Crippen LogP contribution < -0.4 is 10.5 Å². The van der Waals surface area contributed by atoms with Gasteiger partial charge in [-0.3, -0.25) is 4.79 Å². The Morgan fingerprint density at radius 1 is 1.62 bits per heavy atom. The summed E-state index contributed by atoms with van der Waals surface area (Å²) in [5, 5.41) is 8.58. The number of benzene rings is 1. The lowest BCUT2D eigenvalue weighted by atomic mass is 10.0. The normalized spacial score (nSPS) is 12.2. The molecule has 0 heterocycles. The molecule has 0 saturated heterocycles. The molecule has 3 N–H and O–H groups in total. The van der Waals surface area contributed by atoms with Crippen LogP contribution in [0.5, 0.6) is 5.75 Å². The predicted molar refractivity (Wildman–Crippen MR) is 56.9 cm³/mol. The van der Waals surface area contributed by atoms with Crippen LogP contribution >= 0.6 is 0 Å². The third kappa shape index (κ3) is 2.70. The van der Waals surface area contributed by atoms with Gasteiger partial charge in [-0.2, -0.15) is 0 Å². The highest BCUT2D eigenvalue weighted by Gasteiger charge is 2.16. The van der Waals surface area contributed by atoms with E-state index in [4.69, 9.17) is 15.6 Å². The van der Waals surface area contributed by atoms with Gasteiger partial charge in [0.2, 0.25) is 0 Å². The van der Waals surface area contributed by atoms with E-state index >= 15 is 0 Å². The maximum atomic E-state index is 13.6. The SMILES string of the molecule is COc1cc(F)c(C(N)CC(=O)O)cc1C. The second kappa shape index (κ2) is 4.94. The monoisotopic (exact) mass is 227 g/mol.